The highest BCUT2D eigenvalue weighted by Gasteiger charge is 2.30. The maximum Gasteiger partial charge on any atom is 0.315 e. The minimum absolute atomic E-state index is 0.0686. The van der Waals surface area contributed by atoms with E-state index in [4.69, 9.17) is 0 Å². The molecule has 0 radical (unpaired) electrons. The summed E-state index contributed by atoms with van der Waals surface area (Å²) in [5.74, 6) is 0.306. The number of carbonyl (C=O) groups excluding carboxylic acids is 1. The average molecular weight is 318 g/mol. The molecule has 5 nitrogen and oxygen atoms in total. The molecule has 3 rings (SSSR count). The van der Waals surface area contributed by atoms with Gasteiger partial charge < -0.3 is 20.8 Å². The lowest BCUT2D eigenvalue weighted by atomic mass is 9.94. The van der Waals surface area contributed by atoms with Crippen LogP contribution in [0.3, 0.4) is 0 Å². The smallest absolute Gasteiger partial charge is 0.315 e. The summed E-state index contributed by atoms with van der Waals surface area (Å²) in [6.07, 6.45) is 7.46. The number of amides is 2. The Bertz CT molecular complexity index is 565. The summed E-state index contributed by atoms with van der Waals surface area (Å²) < 4.78 is 0. The third-order valence-corrected chi connectivity index (χ3v) is 5.16. The fraction of sp³-hybridized carbons (Fsp3) is 0.611. The highest BCUT2D eigenvalue weighted by atomic mass is 16.3. The normalized spacial score (nSPS) is 22.9. The molecule has 5 heteroatoms. The monoisotopic (exact) mass is 318 g/mol. The first kappa shape index (κ1) is 16.1. The highest BCUT2D eigenvalue weighted by Crippen LogP contribution is 2.36. The van der Waals surface area contributed by atoms with Gasteiger partial charge in [0, 0.05) is 6.54 Å². The Morgan fingerprint density at radius 3 is 2.70 bits per heavy atom. The van der Waals surface area contributed by atoms with E-state index in [1.54, 1.807) is 12.1 Å². The lowest BCUT2D eigenvalue weighted by Gasteiger charge is -2.27. The van der Waals surface area contributed by atoms with E-state index in [-0.39, 0.29) is 12.1 Å². The van der Waals surface area contributed by atoms with E-state index in [1.165, 1.54) is 0 Å². The molecule has 2 aliphatic carbocycles. The van der Waals surface area contributed by atoms with Gasteiger partial charge in [-0.3, -0.25) is 0 Å². The van der Waals surface area contributed by atoms with Crippen molar-refractivity contribution < 1.29 is 15.0 Å². The summed E-state index contributed by atoms with van der Waals surface area (Å²) in [7, 11) is 0. The Hall–Kier alpha value is -1.75. The molecule has 0 saturated heterocycles. The van der Waals surface area contributed by atoms with Crippen molar-refractivity contribution in [3.05, 3.63) is 29.3 Å². The van der Waals surface area contributed by atoms with Crippen LogP contribution in [0, 0.1) is 0 Å². The molecule has 0 heterocycles. The van der Waals surface area contributed by atoms with E-state index in [0.717, 1.165) is 62.5 Å². The van der Waals surface area contributed by atoms with Crippen LogP contribution in [-0.4, -0.2) is 28.4 Å². The Balaban J connectivity index is 1.54. The van der Waals surface area contributed by atoms with E-state index in [0.29, 0.717) is 12.3 Å². The second-order valence-electron chi connectivity index (χ2n) is 6.90. The number of phenols is 1. The first-order chi connectivity index (χ1) is 11.1. The average Bonchev–Trinajstić information content (AvgIpc) is 2.81. The first-order valence-corrected chi connectivity index (χ1v) is 8.65. The van der Waals surface area contributed by atoms with Crippen LogP contribution in [0.4, 0.5) is 4.79 Å². The number of hydrogen-bond acceptors (Lipinski definition) is 3. The molecule has 4 N–H and O–H groups in total. The third kappa shape index (κ3) is 3.78. The predicted octanol–water partition coefficient (Wildman–Crippen LogP) is 2.76. The summed E-state index contributed by atoms with van der Waals surface area (Å²) in [4.78, 5) is 12.2. The molecule has 126 valence electrons. The van der Waals surface area contributed by atoms with Crippen LogP contribution in [-0.2, 0) is 6.42 Å². The molecule has 2 aliphatic rings. The number of phenolic OH excluding ortho intramolecular Hbond substituents is 1. The number of fused-ring (bicyclic) bond motifs is 1. The van der Waals surface area contributed by atoms with E-state index in [9.17, 15) is 15.0 Å². The van der Waals surface area contributed by atoms with Gasteiger partial charge in [0.05, 0.1) is 11.6 Å². The lowest BCUT2D eigenvalue weighted by molar-refractivity contribution is 0.0276. The van der Waals surface area contributed by atoms with E-state index < -0.39 is 5.60 Å². The fourth-order valence-electron chi connectivity index (χ4n) is 3.80. The molecule has 1 fully saturated rings. The fourth-order valence-corrected chi connectivity index (χ4v) is 3.80. The van der Waals surface area contributed by atoms with Crippen LogP contribution in [0.15, 0.2) is 18.2 Å². The van der Waals surface area contributed by atoms with Gasteiger partial charge in [-0.2, -0.15) is 0 Å². The molecular formula is C18H26N2O3. The standard InChI is InChI=1S/C18H26N2O3/c21-16-7-5-6-13-14(16)8-9-15(13)20-17(22)19-12-18(23)10-3-1-2-4-11-18/h5-7,15,21,23H,1-4,8-12H2,(H2,19,20,22). The van der Waals surface area contributed by atoms with Crippen molar-refractivity contribution in [2.45, 2.75) is 63.0 Å². The minimum atomic E-state index is -0.764. The van der Waals surface area contributed by atoms with Crippen LogP contribution < -0.4 is 10.6 Å². The Kier molecular flexibility index (Phi) is 4.76. The Morgan fingerprint density at radius 2 is 1.96 bits per heavy atom. The first-order valence-electron chi connectivity index (χ1n) is 8.65. The van der Waals surface area contributed by atoms with Gasteiger partial charge in [-0.15, -0.1) is 0 Å². The second-order valence-corrected chi connectivity index (χ2v) is 6.90. The summed E-state index contributed by atoms with van der Waals surface area (Å²) in [5.41, 5.74) is 1.16. The third-order valence-electron chi connectivity index (χ3n) is 5.16. The molecule has 2 amide bonds. The molecular weight excluding hydrogens is 292 g/mol. The molecule has 1 aromatic rings. The maximum atomic E-state index is 12.2. The summed E-state index contributed by atoms with van der Waals surface area (Å²) in [6.45, 7) is 0.304. The number of nitrogens with one attached hydrogen (secondary N) is 2. The summed E-state index contributed by atoms with van der Waals surface area (Å²) >= 11 is 0. The van der Waals surface area contributed by atoms with Crippen LogP contribution in [0.1, 0.15) is 62.1 Å². The van der Waals surface area contributed by atoms with Crippen molar-refractivity contribution in [1.29, 1.82) is 0 Å². The van der Waals surface area contributed by atoms with Gasteiger partial charge in [-0.1, -0.05) is 37.8 Å². The molecule has 0 aromatic heterocycles. The zero-order chi connectivity index (χ0) is 16.3. The number of benzene rings is 1. The SMILES string of the molecule is O=C(NCC1(O)CCCCCC1)NC1CCc2c(O)cccc21. The summed E-state index contributed by atoms with van der Waals surface area (Å²) in [5, 5.41) is 26.2. The van der Waals surface area contributed by atoms with Crippen molar-refractivity contribution in [1.82, 2.24) is 10.6 Å². The van der Waals surface area contributed by atoms with Gasteiger partial charge in [0.2, 0.25) is 0 Å². The van der Waals surface area contributed by atoms with Gasteiger partial charge in [0.25, 0.3) is 0 Å². The maximum absolute atomic E-state index is 12.2. The Morgan fingerprint density at radius 1 is 1.22 bits per heavy atom. The highest BCUT2D eigenvalue weighted by molar-refractivity contribution is 5.74. The number of urea groups is 1. The van der Waals surface area contributed by atoms with E-state index >= 15 is 0 Å². The number of aliphatic hydroxyl groups is 1. The van der Waals surface area contributed by atoms with Crippen molar-refractivity contribution in [2.75, 3.05) is 6.54 Å². The molecule has 23 heavy (non-hydrogen) atoms. The van der Waals surface area contributed by atoms with Crippen LogP contribution >= 0.6 is 0 Å². The zero-order valence-corrected chi connectivity index (χ0v) is 13.5. The molecule has 0 bridgehead atoms. The number of carbonyl (C=O) groups is 1. The van der Waals surface area contributed by atoms with E-state index in [1.807, 2.05) is 6.07 Å². The second kappa shape index (κ2) is 6.79. The summed E-state index contributed by atoms with van der Waals surface area (Å²) in [6, 6.07) is 5.12. The quantitative estimate of drug-likeness (QED) is 0.647. The molecule has 1 saturated carbocycles. The van der Waals surface area contributed by atoms with Gasteiger partial charge >= 0.3 is 6.03 Å². The lowest BCUT2D eigenvalue weighted by Crippen LogP contribution is -2.46. The largest absolute Gasteiger partial charge is 0.508 e. The van der Waals surface area contributed by atoms with Gasteiger partial charge in [-0.25, -0.2) is 4.79 Å². The number of aromatic hydroxyl groups is 1. The van der Waals surface area contributed by atoms with E-state index in [2.05, 4.69) is 10.6 Å². The number of hydrogen-bond donors (Lipinski definition) is 4. The molecule has 1 aromatic carbocycles. The predicted molar refractivity (Wildman–Crippen MR) is 88.4 cm³/mol. The van der Waals surface area contributed by atoms with Crippen LogP contribution in [0.5, 0.6) is 5.75 Å². The van der Waals surface area contributed by atoms with Crippen molar-refractivity contribution in [3.8, 4) is 5.75 Å². The van der Waals surface area contributed by atoms with Crippen molar-refractivity contribution >= 4 is 6.03 Å². The molecule has 0 aliphatic heterocycles. The number of rotatable bonds is 3. The van der Waals surface area contributed by atoms with Crippen molar-refractivity contribution in [3.63, 3.8) is 0 Å². The van der Waals surface area contributed by atoms with Gasteiger partial charge in [0.15, 0.2) is 0 Å². The van der Waals surface area contributed by atoms with Crippen LogP contribution in [0.25, 0.3) is 0 Å². The minimum Gasteiger partial charge on any atom is -0.508 e. The van der Waals surface area contributed by atoms with Gasteiger partial charge in [0.1, 0.15) is 5.75 Å². The van der Waals surface area contributed by atoms with Crippen LogP contribution in [0.2, 0.25) is 0 Å². The van der Waals surface area contributed by atoms with Gasteiger partial charge in [-0.05, 0) is 42.9 Å². The topological polar surface area (TPSA) is 81.6 Å². The Labute approximate surface area is 137 Å². The van der Waals surface area contributed by atoms with Crippen molar-refractivity contribution in [2.24, 2.45) is 0 Å². The molecule has 1 unspecified atom stereocenters. The molecule has 1 atom stereocenters. The molecule has 0 spiro atoms. The zero-order valence-electron chi connectivity index (χ0n) is 13.5.